The summed E-state index contributed by atoms with van der Waals surface area (Å²) < 4.78 is 0. The third kappa shape index (κ3) is 2.40. The first-order valence-electron chi connectivity index (χ1n) is 6.34. The van der Waals surface area contributed by atoms with Crippen LogP contribution in [0.2, 0.25) is 0 Å². The summed E-state index contributed by atoms with van der Waals surface area (Å²) in [7, 11) is 1.78. The van der Waals surface area contributed by atoms with Gasteiger partial charge in [-0.2, -0.15) is 0 Å². The maximum atomic E-state index is 12.0. The number of carbonyl (C=O) groups is 1. The van der Waals surface area contributed by atoms with E-state index in [0.717, 1.165) is 12.8 Å². The smallest absolute Gasteiger partial charge is 0.317 e. The second kappa shape index (κ2) is 5.25. The van der Waals surface area contributed by atoms with Crippen molar-refractivity contribution in [1.82, 2.24) is 10.2 Å². The van der Waals surface area contributed by atoms with Crippen LogP contribution in [0.15, 0.2) is 30.9 Å². The fourth-order valence-corrected chi connectivity index (χ4v) is 2.52. The number of nitrogens with zero attached hydrogens (tertiary/aromatic N) is 1. The van der Waals surface area contributed by atoms with Crippen LogP contribution in [0, 0.1) is 6.92 Å². The molecule has 1 aromatic carbocycles. The minimum atomic E-state index is -0.0331. The van der Waals surface area contributed by atoms with Crippen LogP contribution in [0.25, 0.3) is 0 Å². The van der Waals surface area contributed by atoms with Crippen molar-refractivity contribution in [3.8, 4) is 0 Å². The van der Waals surface area contributed by atoms with Gasteiger partial charge in [-0.25, -0.2) is 4.79 Å². The summed E-state index contributed by atoms with van der Waals surface area (Å²) in [5.41, 5.74) is 3.99. The van der Waals surface area contributed by atoms with E-state index in [4.69, 9.17) is 0 Å². The molecule has 0 aromatic heterocycles. The molecule has 96 valence electrons. The van der Waals surface area contributed by atoms with Crippen LogP contribution >= 0.6 is 0 Å². The van der Waals surface area contributed by atoms with Gasteiger partial charge in [0.25, 0.3) is 0 Å². The summed E-state index contributed by atoms with van der Waals surface area (Å²) in [5.74, 6) is 0. The van der Waals surface area contributed by atoms with Gasteiger partial charge in [-0.1, -0.05) is 24.3 Å². The van der Waals surface area contributed by atoms with Gasteiger partial charge in [0.15, 0.2) is 0 Å². The summed E-state index contributed by atoms with van der Waals surface area (Å²) in [5, 5.41) is 3.09. The van der Waals surface area contributed by atoms with Crippen molar-refractivity contribution in [2.75, 3.05) is 13.6 Å². The number of urea groups is 1. The van der Waals surface area contributed by atoms with E-state index in [2.05, 4.69) is 37.0 Å². The third-order valence-electron chi connectivity index (χ3n) is 3.55. The second-order valence-corrected chi connectivity index (χ2v) is 4.85. The molecule has 0 radical (unpaired) electrons. The molecule has 3 heteroatoms. The Morgan fingerprint density at radius 3 is 3.11 bits per heavy atom. The third-order valence-corrected chi connectivity index (χ3v) is 3.55. The number of aryl methyl sites for hydroxylation is 1. The average Bonchev–Trinajstić information content (AvgIpc) is 2.74. The van der Waals surface area contributed by atoms with Crippen molar-refractivity contribution in [2.45, 2.75) is 25.8 Å². The number of hydrogen-bond acceptors (Lipinski definition) is 1. The molecule has 18 heavy (non-hydrogen) atoms. The van der Waals surface area contributed by atoms with Crippen LogP contribution < -0.4 is 5.32 Å². The number of carbonyl (C=O) groups excluding carboxylic acids is 1. The van der Waals surface area contributed by atoms with Crippen LogP contribution in [0.4, 0.5) is 4.79 Å². The van der Waals surface area contributed by atoms with Gasteiger partial charge in [0.05, 0.1) is 6.04 Å². The topological polar surface area (TPSA) is 32.3 Å². The van der Waals surface area contributed by atoms with E-state index in [1.165, 1.54) is 16.7 Å². The maximum absolute atomic E-state index is 12.0. The van der Waals surface area contributed by atoms with E-state index >= 15 is 0 Å². The summed E-state index contributed by atoms with van der Waals surface area (Å²) in [4.78, 5) is 13.6. The highest BCUT2D eigenvalue weighted by Gasteiger charge is 2.25. The molecule has 0 heterocycles. The molecule has 0 fully saturated rings. The number of amides is 2. The number of fused-ring (bicyclic) bond motifs is 1. The van der Waals surface area contributed by atoms with Gasteiger partial charge in [-0.05, 0) is 36.5 Å². The Balaban J connectivity index is 2.08. The van der Waals surface area contributed by atoms with E-state index in [-0.39, 0.29) is 12.1 Å². The first-order chi connectivity index (χ1) is 8.63. The molecule has 1 atom stereocenters. The molecule has 0 spiro atoms. The fourth-order valence-electron chi connectivity index (χ4n) is 2.52. The highest BCUT2D eigenvalue weighted by molar-refractivity contribution is 5.74. The highest BCUT2D eigenvalue weighted by atomic mass is 16.2. The zero-order valence-electron chi connectivity index (χ0n) is 11.1. The Morgan fingerprint density at radius 1 is 1.61 bits per heavy atom. The number of rotatable bonds is 3. The van der Waals surface area contributed by atoms with Gasteiger partial charge >= 0.3 is 6.03 Å². The molecule has 2 amide bonds. The monoisotopic (exact) mass is 244 g/mol. The molecule has 0 aliphatic heterocycles. The zero-order valence-corrected chi connectivity index (χ0v) is 11.1. The Bertz CT molecular complexity index is 468. The first-order valence-corrected chi connectivity index (χ1v) is 6.34. The number of hydrogen-bond donors (Lipinski definition) is 1. The van der Waals surface area contributed by atoms with Crippen molar-refractivity contribution in [2.24, 2.45) is 0 Å². The van der Waals surface area contributed by atoms with Gasteiger partial charge in [0, 0.05) is 13.6 Å². The predicted octanol–water partition coefficient (Wildman–Crippen LogP) is 2.81. The van der Waals surface area contributed by atoms with Gasteiger partial charge in [0.1, 0.15) is 0 Å². The summed E-state index contributed by atoms with van der Waals surface area (Å²) in [6.45, 7) is 6.34. The molecule has 1 N–H and O–H groups in total. The minimum absolute atomic E-state index is 0.0331. The van der Waals surface area contributed by atoms with Crippen molar-refractivity contribution in [3.05, 3.63) is 47.5 Å². The molecule has 0 bridgehead atoms. The summed E-state index contributed by atoms with van der Waals surface area (Å²) in [6, 6.07) is 6.43. The standard InChI is InChI=1S/C15H20N2O/c1-4-10-17(3)15(18)16-14-9-8-12-11(2)6-5-7-13(12)14/h4-7,14H,1,8-10H2,2-3H3,(H,16,18)/t14-/m1/s1. The number of benzene rings is 1. The Morgan fingerprint density at radius 2 is 2.39 bits per heavy atom. The average molecular weight is 244 g/mol. The van der Waals surface area contributed by atoms with Crippen LogP contribution in [0.5, 0.6) is 0 Å². The van der Waals surface area contributed by atoms with Gasteiger partial charge in [0.2, 0.25) is 0 Å². The Kier molecular flexibility index (Phi) is 3.70. The molecular weight excluding hydrogens is 224 g/mol. The quantitative estimate of drug-likeness (QED) is 0.815. The van der Waals surface area contributed by atoms with E-state index < -0.39 is 0 Å². The van der Waals surface area contributed by atoms with Crippen molar-refractivity contribution >= 4 is 6.03 Å². The Hall–Kier alpha value is -1.77. The second-order valence-electron chi connectivity index (χ2n) is 4.85. The molecule has 1 aromatic rings. The van der Waals surface area contributed by atoms with Crippen LogP contribution in [0.3, 0.4) is 0 Å². The van der Waals surface area contributed by atoms with Crippen LogP contribution in [-0.4, -0.2) is 24.5 Å². The molecule has 0 saturated heterocycles. The van der Waals surface area contributed by atoms with E-state index in [1.54, 1.807) is 18.0 Å². The van der Waals surface area contributed by atoms with E-state index in [1.807, 2.05) is 0 Å². The lowest BCUT2D eigenvalue weighted by atomic mass is 10.0. The summed E-state index contributed by atoms with van der Waals surface area (Å²) in [6.07, 6.45) is 3.78. The fraction of sp³-hybridized carbons (Fsp3) is 0.400. The zero-order chi connectivity index (χ0) is 13.1. The highest BCUT2D eigenvalue weighted by Crippen LogP contribution is 2.32. The molecular formula is C15H20N2O. The molecule has 3 nitrogen and oxygen atoms in total. The number of nitrogens with one attached hydrogen (secondary N) is 1. The van der Waals surface area contributed by atoms with Crippen LogP contribution in [-0.2, 0) is 6.42 Å². The van der Waals surface area contributed by atoms with E-state index in [0.29, 0.717) is 6.54 Å². The van der Waals surface area contributed by atoms with Crippen molar-refractivity contribution < 1.29 is 4.79 Å². The molecule has 0 unspecified atom stereocenters. The van der Waals surface area contributed by atoms with Crippen molar-refractivity contribution in [1.29, 1.82) is 0 Å². The van der Waals surface area contributed by atoms with Gasteiger partial charge in [-0.3, -0.25) is 0 Å². The van der Waals surface area contributed by atoms with E-state index in [9.17, 15) is 4.79 Å². The normalized spacial score (nSPS) is 17.1. The maximum Gasteiger partial charge on any atom is 0.317 e. The Labute approximate surface area is 108 Å². The predicted molar refractivity (Wildman–Crippen MR) is 73.6 cm³/mol. The number of likely N-dealkylation sites (N-methyl/N-ethyl adjacent to an activating group) is 1. The first kappa shape index (κ1) is 12.7. The lowest BCUT2D eigenvalue weighted by molar-refractivity contribution is 0.209. The van der Waals surface area contributed by atoms with Crippen molar-refractivity contribution in [3.63, 3.8) is 0 Å². The minimum Gasteiger partial charge on any atom is -0.331 e. The largest absolute Gasteiger partial charge is 0.331 e. The lowest BCUT2D eigenvalue weighted by Gasteiger charge is -2.20. The molecule has 0 saturated carbocycles. The molecule has 1 aliphatic carbocycles. The summed E-state index contributed by atoms with van der Waals surface area (Å²) >= 11 is 0. The SMILES string of the molecule is C=CCN(C)C(=O)N[C@@H]1CCc2c(C)cccc21. The lowest BCUT2D eigenvalue weighted by Crippen LogP contribution is -2.38. The van der Waals surface area contributed by atoms with Crippen LogP contribution in [0.1, 0.15) is 29.2 Å². The molecule has 2 rings (SSSR count). The molecule has 1 aliphatic rings. The van der Waals surface area contributed by atoms with Gasteiger partial charge in [-0.15, -0.1) is 6.58 Å². The van der Waals surface area contributed by atoms with Gasteiger partial charge < -0.3 is 10.2 Å².